The van der Waals surface area contributed by atoms with Crippen molar-refractivity contribution in [3.05, 3.63) is 12.7 Å². The lowest BCUT2D eigenvalue weighted by atomic mass is 10.1. The van der Waals surface area contributed by atoms with E-state index in [1.165, 1.54) is 6.08 Å². The van der Waals surface area contributed by atoms with Gasteiger partial charge in [0.15, 0.2) is 0 Å². The third-order valence-corrected chi connectivity index (χ3v) is 3.29. The summed E-state index contributed by atoms with van der Waals surface area (Å²) in [6, 6.07) is -1.23. The summed E-state index contributed by atoms with van der Waals surface area (Å²) in [4.78, 5) is 35.0. The fourth-order valence-corrected chi connectivity index (χ4v) is 2.40. The molecule has 1 aliphatic carbocycles. The number of hydrogen-bond donors (Lipinski definition) is 2. The number of alkyl carbamates (subject to hydrolysis) is 1. The van der Waals surface area contributed by atoms with Crippen LogP contribution in [-0.4, -0.2) is 41.4 Å². The van der Waals surface area contributed by atoms with Gasteiger partial charge >= 0.3 is 18.0 Å². The maximum atomic E-state index is 11.8. The van der Waals surface area contributed by atoms with E-state index in [1.54, 1.807) is 27.7 Å². The summed E-state index contributed by atoms with van der Waals surface area (Å²) in [5.74, 6) is -3.23. The zero-order valence-electron chi connectivity index (χ0n) is 13.3. The summed E-state index contributed by atoms with van der Waals surface area (Å²) in [6.07, 6.45) is 0.677. The summed E-state index contributed by atoms with van der Waals surface area (Å²) < 4.78 is 9.97. The van der Waals surface area contributed by atoms with Gasteiger partial charge in [0.25, 0.3) is 0 Å². The molecule has 0 aliphatic heterocycles. The third-order valence-electron chi connectivity index (χ3n) is 3.29. The number of hydrogen-bond acceptors (Lipinski definition) is 5. The summed E-state index contributed by atoms with van der Waals surface area (Å²) in [5, 5.41) is 11.6. The molecule has 124 valence electrons. The second kappa shape index (κ2) is 6.81. The van der Waals surface area contributed by atoms with Crippen LogP contribution in [0.15, 0.2) is 12.7 Å². The highest BCUT2D eigenvalue weighted by molar-refractivity contribution is 5.85. The molecule has 1 aliphatic rings. The van der Waals surface area contributed by atoms with Crippen LogP contribution in [0.3, 0.4) is 0 Å². The summed E-state index contributed by atoms with van der Waals surface area (Å²) in [7, 11) is 0. The predicted molar refractivity (Wildman–Crippen MR) is 78.1 cm³/mol. The lowest BCUT2D eigenvalue weighted by Crippen LogP contribution is -2.45. The molecular weight excluding hydrogens is 290 g/mol. The van der Waals surface area contributed by atoms with Gasteiger partial charge < -0.3 is 19.9 Å². The number of rotatable bonds is 6. The number of allylic oxidation sites excluding steroid dienone is 1. The lowest BCUT2D eigenvalue weighted by molar-refractivity contribution is -0.145. The van der Waals surface area contributed by atoms with Crippen molar-refractivity contribution in [2.45, 2.75) is 39.3 Å². The topological polar surface area (TPSA) is 102 Å². The largest absolute Gasteiger partial charge is 0.480 e. The van der Waals surface area contributed by atoms with Crippen LogP contribution in [0.25, 0.3) is 0 Å². The van der Waals surface area contributed by atoms with Crippen molar-refractivity contribution in [3.8, 4) is 0 Å². The van der Waals surface area contributed by atoms with Gasteiger partial charge in [0.1, 0.15) is 11.6 Å². The highest BCUT2D eigenvalue weighted by Gasteiger charge is 2.60. The van der Waals surface area contributed by atoms with Gasteiger partial charge in [0.2, 0.25) is 0 Å². The first-order valence-electron chi connectivity index (χ1n) is 7.14. The Morgan fingerprint density at radius 2 is 1.95 bits per heavy atom. The summed E-state index contributed by atoms with van der Waals surface area (Å²) in [5.41, 5.74) is -0.741. The molecule has 4 unspecified atom stereocenters. The van der Waals surface area contributed by atoms with E-state index in [0.29, 0.717) is 0 Å². The molecular formula is C15H23NO6. The minimum Gasteiger partial charge on any atom is -0.480 e. The zero-order chi connectivity index (χ0) is 17.1. The molecule has 0 spiro atoms. The van der Waals surface area contributed by atoms with Gasteiger partial charge in [-0.15, -0.1) is 6.58 Å². The number of esters is 1. The van der Waals surface area contributed by atoms with Crippen molar-refractivity contribution in [1.82, 2.24) is 5.32 Å². The van der Waals surface area contributed by atoms with E-state index in [0.717, 1.165) is 0 Å². The van der Waals surface area contributed by atoms with Crippen LogP contribution in [0.2, 0.25) is 0 Å². The SMILES string of the molecule is C=CC1C(C(=O)OCC)C1C(NC(=O)OC(C)(C)C)C(=O)O. The Hall–Kier alpha value is -2.05. The Morgan fingerprint density at radius 3 is 2.36 bits per heavy atom. The molecule has 0 heterocycles. The fourth-order valence-electron chi connectivity index (χ4n) is 2.40. The van der Waals surface area contributed by atoms with Crippen molar-refractivity contribution in [3.63, 3.8) is 0 Å². The molecule has 0 aromatic heterocycles. The standard InChI is InChI=1S/C15H23NO6/c1-6-8-9(10(8)13(19)21-7-2)11(12(17)18)16-14(20)22-15(3,4)5/h6,8-11H,1,7H2,2-5H3,(H,16,20)(H,17,18). The van der Waals surface area contributed by atoms with E-state index in [9.17, 15) is 19.5 Å². The lowest BCUT2D eigenvalue weighted by Gasteiger charge is -2.22. The number of carboxylic acids is 1. The molecule has 2 N–H and O–H groups in total. The number of aliphatic carboxylic acids is 1. The first-order chi connectivity index (χ1) is 10.1. The zero-order valence-corrected chi connectivity index (χ0v) is 13.3. The fraction of sp³-hybridized carbons (Fsp3) is 0.667. The van der Waals surface area contributed by atoms with Crippen LogP contribution in [0.5, 0.6) is 0 Å². The van der Waals surface area contributed by atoms with Crippen LogP contribution in [-0.2, 0) is 19.1 Å². The Labute approximate surface area is 129 Å². The summed E-state index contributed by atoms with van der Waals surface area (Å²) in [6.45, 7) is 10.5. The van der Waals surface area contributed by atoms with Crippen molar-refractivity contribution < 1.29 is 29.0 Å². The Morgan fingerprint density at radius 1 is 1.36 bits per heavy atom. The normalized spacial score (nSPS) is 24.8. The second-order valence-corrected chi connectivity index (χ2v) is 6.13. The molecule has 1 fully saturated rings. The smallest absolute Gasteiger partial charge is 0.408 e. The molecule has 7 heteroatoms. The minimum absolute atomic E-state index is 0.211. The first-order valence-corrected chi connectivity index (χ1v) is 7.14. The van der Waals surface area contributed by atoms with E-state index in [1.807, 2.05) is 0 Å². The highest BCUT2D eigenvalue weighted by atomic mass is 16.6. The van der Waals surface area contributed by atoms with Crippen LogP contribution < -0.4 is 5.32 Å². The van der Waals surface area contributed by atoms with Crippen LogP contribution in [0, 0.1) is 17.8 Å². The number of carbonyl (C=O) groups is 3. The molecule has 7 nitrogen and oxygen atoms in total. The monoisotopic (exact) mass is 313 g/mol. The van der Waals surface area contributed by atoms with E-state index < -0.39 is 41.5 Å². The molecule has 0 aromatic carbocycles. The van der Waals surface area contributed by atoms with E-state index in [-0.39, 0.29) is 12.5 Å². The number of carboxylic acid groups (broad SMARTS) is 1. The minimum atomic E-state index is -1.23. The quantitative estimate of drug-likeness (QED) is 0.570. The Bertz CT molecular complexity index is 467. The number of nitrogens with one attached hydrogen (secondary N) is 1. The van der Waals surface area contributed by atoms with Crippen molar-refractivity contribution in [2.75, 3.05) is 6.61 Å². The molecule has 4 atom stereocenters. The molecule has 0 aromatic rings. The molecule has 1 rings (SSSR count). The van der Waals surface area contributed by atoms with Gasteiger partial charge in [-0.1, -0.05) is 6.08 Å². The van der Waals surface area contributed by atoms with Gasteiger partial charge in [-0.3, -0.25) is 4.79 Å². The van der Waals surface area contributed by atoms with Crippen molar-refractivity contribution >= 4 is 18.0 Å². The highest BCUT2D eigenvalue weighted by Crippen LogP contribution is 2.50. The average molecular weight is 313 g/mol. The van der Waals surface area contributed by atoms with Crippen LogP contribution >= 0.6 is 0 Å². The third kappa shape index (κ3) is 4.47. The van der Waals surface area contributed by atoms with Crippen LogP contribution in [0.4, 0.5) is 4.79 Å². The molecule has 0 bridgehead atoms. The molecule has 22 heavy (non-hydrogen) atoms. The average Bonchev–Trinajstić information content (AvgIpc) is 3.07. The molecule has 1 saturated carbocycles. The predicted octanol–water partition coefficient (Wildman–Crippen LogP) is 1.58. The van der Waals surface area contributed by atoms with Gasteiger partial charge in [-0.05, 0) is 33.6 Å². The van der Waals surface area contributed by atoms with Gasteiger partial charge in [0, 0.05) is 5.92 Å². The molecule has 1 amide bonds. The Balaban J connectivity index is 2.79. The summed E-state index contributed by atoms with van der Waals surface area (Å²) >= 11 is 0. The van der Waals surface area contributed by atoms with Gasteiger partial charge in [0.05, 0.1) is 12.5 Å². The van der Waals surface area contributed by atoms with Gasteiger partial charge in [-0.25, -0.2) is 9.59 Å². The van der Waals surface area contributed by atoms with Crippen molar-refractivity contribution in [2.24, 2.45) is 17.8 Å². The number of carbonyl (C=O) groups excluding carboxylic acids is 2. The number of amides is 1. The first kappa shape index (κ1) is 18.0. The maximum absolute atomic E-state index is 11.8. The van der Waals surface area contributed by atoms with Crippen molar-refractivity contribution in [1.29, 1.82) is 0 Å². The number of ether oxygens (including phenoxy) is 2. The van der Waals surface area contributed by atoms with E-state index >= 15 is 0 Å². The Kier molecular flexibility index (Phi) is 5.57. The second-order valence-electron chi connectivity index (χ2n) is 6.13. The maximum Gasteiger partial charge on any atom is 0.408 e. The van der Waals surface area contributed by atoms with E-state index in [4.69, 9.17) is 9.47 Å². The van der Waals surface area contributed by atoms with E-state index in [2.05, 4.69) is 11.9 Å². The van der Waals surface area contributed by atoms with Crippen LogP contribution in [0.1, 0.15) is 27.7 Å². The van der Waals surface area contributed by atoms with Gasteiger partial charge in [-0.2, -0.15) is 0 Å². The molecule has 0 radical (unpaired) electrons. The molecule has 0 saturated heterocycles.